The normalized spacial score (nSPS) is 13.0. The molecule has 1 aliphatic carbocycles. The van der Waals surface area contributed by atoms with Crippen LogP contribution in [0.3, 0.4) is 0 Å². The SMILES string of the molecule is Cc1ccc(-n2cc(-c3ccccc3)nc2NC(=O)CN(C(=O)c2cccs2)C2CC2)cc1F. The van der Waals surface area contributed by atoms with E-state index in [1.165, 1.54) is 17.4 Å². The number of nitrogens with one attached hydrogen (secondary N) is 1. The van der Waals surface area contributed by atoms with Crippen LogP contribution in [0.1, 0.15) is 28.1 Å². The molecule has 4 aromatic rings. The highest BCUT2D eigenvalue weighted by Crippen LogP contribution is 2.29. The van der Waals surface area contributed by atoms with Crippen molar-refractivity contribution in [1.82, 2.24) is 14.5 Å². The number of nitrogens with zero attached hydrogens (tertiary/aromatic N) is 3. The number of carbonyl (C=O) groups is 2. The molecule has 2 amide bonds. The van der Waals surface area contributed by atoms with Gasteiger partial charge in [-0.15, -0.1) is 11.3 Å². The molecule has 34 heavy (non-hydrogen) atoms. The average Bonchev–Trinajstić information content (AvgIpc) is 3.36. The van der Waals surface area contributed by atoms with Crippen LogP contribution in [0.25, 0.3) is 16.9 Å². The van der Waals surface area contributed by atoms with Gasteiger partial charge in [0.15, 0.2) is 0 Å². The number of rotatable bonds is 7. The lowest BCUT2D eigenvalue weighted by molar-refractivity contribution is -0.117. The molecule has 2 heterocycles. The highest BCUT2D eigenvalue weighted by molar-refractivity contribution is 7.12. The summed E-state index contributed by atoms with van der Waals surface area (Å²) in [5.74, 6) is -0.560. The van der Waals surface area contributed by atoms with Crippen molar-refractivity contribution < 1.29 is 14.0 Å². The lowest BCUT2D eigenvalue weighted by atomic mass is 10.2. The number of benzene rings is 2. The molecule has 1 aliphatic rings. The fourth-order valence-electron chi connectivity index (χ4n) is 3.76. The van der Waals surface area contributed by atoms with Crippen LogP contribution in [0.15, 0.2) is 72.2 Å². The van der Waals surface area contributed by atoms with Crippen LogP contribution in [-0.2, 0) is 4.79 Å². The van der Waals surface area contributed by atoms with Crippen LogP contribution in [-0.4, -0.2) is 38.9 Å². The summed E-state index contributed by atoms with van der Waals surface area (Å²) >= 11 is 1.36. The summed E-state index contributed by atoms with van der Waals surface area (Å²) < 4.78 is 16.0. The van der Waals surface area contributed by atoms with E-state index >= 15 is 0 Å². The zero-order chi connectivity index (χ0) is 23.7. The summed E-state index contributed by atoms with van der Waals surface area (Å²) in [5, 5.41) is 4.69. The van der Waals surface area contributed by atoms with E-state index in [1.807, 2.05) is 41.8 Å². The van der Waals surface area contributed by atoms with Gasteiger partial charge in [-0.3, -0.25) is 19.5 Å². The minimum absolute atomic E-state index is 0.0722. The standard InChI is InChI=1S/C26H23FN4O2S/c1-17-9-10-20(14-21(17)27)31-15-22(18-6-3-2-4-7-18)28-26(31)29-24(32)16-30(19-11-12-19)25(33)23-8-5-13-34-23/h2-10,13-15,19H,11-12,16H2,1H3,(H,28,29,32). The third-order valence-electron chi connectivity index (χ3n) is 5.75. The average molecular weight is 475 g/mol. The number of anilines is 1. The van der Waals surface area contributed by atoms with Crippen molar-refractivity contribution in [1.29, 1.82) is 0 Å². The molecule has 5 rings (SSSR count). The summed E-state index contributed by atoms with van der Waals surface area (Å²) in [6.07, 6.45) is 3.55. The second-order valence-electron chi connectivity index (χ2n) is 8.31. The molecule has 0 atom stereocenters. The van der Waals surface area contributed by atoms with Gasteiger partial charge < -0.3 is 4.90 Å². The van der Waals surface area contributed by atoms with Crippen molar-refractivity contribution in [3.8, 4) is 16.9 Å². The van der Waals surface area contributed by atoms with Crippen LogP contribution in [0.4, 0.5) is 10.3 Å². The predicted molar refractivity (Wildman–Crippen MR) is 131 cm³/mol. The number of hydrogen-bond donors (Lipinski definition) is 1. The molecule has 0 radical (unpaired) electrons. The summed E-state index contributed by atoms with van der Waals surface area (Å²) in [4.78, 5) is 32.8. The van der Waals surface area contributed by atoms with E-state index in [1.54, 1.807) is 40.8 Å². The van der Waals surface area contributed by atoms with Gasteiger partial charge in [0.05, 0.1) is 16.3 Å². The zero-order valence-corrected chi connectivity index (χ0v) is 19.4. The molecule has 8 heteroatoms. The van der Waals surface area contributed by atoms with Crippen LogP contribution >= 0.6 is 11.3 Å². The number of hydrogen-bond acceptors (Lipinski definition) is 4. The molecule has 0 aliphatic heterocycles. The maximum Gasteiger partial charge on any atom is 0.264 e. The minimum atomic E-state index is -0.351. The van der Waals surface area contributed by atoms with Crippen LogP contribution < -0.4 is 5.32 Å². The molecular weight excluding hydrogens is 451 g/mol. The van der Waals surface area contributed by atoms with Crippen LogP contribution in [0.2, 0.25) is 0 Å². The zero-order valence-electron chi connectivity index (χ0n) is 18.6. The molecule has 0 saturated heterocycles. The number of amides is 2. The van der Waals surface area contributed by atoms with Gasteiger partial charge in [0.25, 0.3) is 5.91 Å². The van der Waals surface area contributed by atoms with Gasteiger partial charge in [0.1, 0.15) is 12.4 Å². The smallest absolute Gasteiger partial charge is 0.264 e. The number of imidazole rings is 1. The minimum Gasteiger partial charge on any atom is -0.326 e. The van der Waals surface area contributed by atoms with E-state index in [9.17, 15) is 14.0 Å². The Morgan fingerprint density at radius 2 is 1.94 bits per heavy atom. The highest BCUT2D eigenvalue weighted by atomic mass is 32.1. The van der Waals surface area contributed by atoms with Crippen LogP contribution in [0.5, 0.6) is 0 Å². The molecule has 2 aromatic carbocycles. The Kier molecular flexibility index (Phi) is 5.98. The van der Waals surface area contributed by atoms with Gasteiger partial charge in [-0.1, -0.05) is 42.5 Å². The van der Waals surface area contributed by atoms with E-state index in [-0.39, 0.29) is 36.2 Å². The Morgan fingerprint density at radius 1 is 1.15 bits per heavy atom. The molecule has 0 bridgehead atoms. The lowest BCUT2D eigenvalue weighted by Gasteiger charge is -2.21. The third kappa shape index (κ3) is 4.63. The number of carbonyl (C=O) groups excluding carboxylic acids is 2. The second kappa shape index (κ2) is 9.23. The second-order valence-corrected chi connectivity index (χ2v) is 9.26. The highest BCUT2D eigenvalue weighted by Gasteiger charge is 2.35. The van der Waals surface area contributed by atoms with E-state index in [2.05, 4.69) is 10.3 Å². The molecule has 2 aromatic heterocycles. The van der Waals surface area contributed by atoms with Crippen molar-refractivity contribution >= 4 is 29.1 Å². The maximum absolute atomic E-state index is 14.3. The van der Waals surface area contributed by atoms with Crippen molar-refractivity contribution in [3.05, 3.63) is 88.5 Å². The van der Waals surface area contributed by atoms with E-state index in [0.29, 0.717) is 21.8 Å². The summed E-state index contributed by atoms with van der Waals surface area (Å²) in [6, 6.07) is 18.1. The summed E-state index contributed by atoms with van der Waals surface area (Å²) in [5.41, 5.74) is 2.59. The van der Waals surface area contributed by atoms with Gasteiger partial charge in [0, 0.05) is 17.8 Å². The maximum atomic E-state index is 14.3. The molecule has 1 saturated carbocycles. The predicted octanol–water partition coefficient (Wildman–Crippen LogP) is 5.29. The number of aromatic nitrogens is 2. The quantitative estimate of drug-likeness (QED) is 0.396. The molecule has 172 valence electrons. The van der Waals surface area contributed by atoms with Gasteiger partial charge in [-0.05, 0) is 48.9 Å². The van der Waals surface area contributed by atoms with Crippen molar-refractivity contribution in [2.24, 2.45) is 0 Å². The van der Waals surface area contributed by atoms with Crippen molar-refractivity contribution in [2.45, 2.75) is 25.8 Å². The Morgan fingerprint density at radius 3 is 2.62 bits per heavy atom. The number of aryl methyl sites for hydroxylation is 1. The first-order chi connectivity index (χ1) is 16.5. The first-order valence-electron chi connectivity index (χ1n) is 11.1. The van der Waals surface area contributed by atoms with Gasteiger partial charge in [-0.2, -0.15) is 0 Å². The van der Waals surface area contributed by atoms with E-state index in [0.717, 1.165) is 18.4 Å². The fraction of sp³-hybridized carbons (Fsp3) is 0.192. The molecule has 1 N–H and O–H groups in total. The van der Waals surface area contributed by atoms with Gasteiger partial charge >= 0.3 is 0 Å². The molecule has 0 spiro atoms. The number of halogens is 1. The Balaban J connectivity index is 1.43. The largest absolute Gasteiger partial charge is 0.326 e. The Bertz CT molecular complexity index is 1330. The lowest BCUT2D eigenvalue weighted by Crippen LogP contribution is -2.39. The first kappa shape index (κ1) is 22.0. The Labute approximate surface area is 200 Å². The fourth-order valence-corrected chi connectivity index (χ4v) is 4.44. The molecular formula is C26H23FN4O2S. The van der Waals surface area contributed by atoms with Crippen LogP contribution in [0, 0.1) is 12.7 Å². The molecule has 0 unspecified atom stereocenters. The number of thiophene rings is 1. The summed E-state index contributed by atoms with van der Waals surface area (Å²) in [6.45, 7) is 1.62. The van der Waals surface area contributed by atoms with E-state index < -0.39 is 0 Å². The third-order valence-corrected chi connectivity index (χ3v) is 6.61. The molecule has 1 fully saturated rings. The van der Waals surface area contributed by atoms with Gasteiger partial charge in [-0.25, -0.2) is 9.37 Å². The van der Waals surface area contributed by atoms with Gasteiger partial charge in [0.2, 0.25) is 11.9 Å². The summed E-state index contributed by atoms with van der Waals surface area (Å²) in [7, 11) is 0. The Hall–Kier alpha value is -3.78. The first-order valence-corrected chi connectivity index (χ1v) is 11.9. The monoisotopic (exact) mass is 474 g/mol. The topological polar surface area (TPSA) is 67.2 Å². The van der Waals surface area contributed by atoms with Crippen molar-refractivity contribution in [3.63, 3.8) is 0 Å². The van der Waals surface area contributed by atoms with Crippen molar-refractivity contribution in [2.75, 3.05) is 11.9 Å². The molecule has 6 nitrogen and oxygen atoms in total. The van der Waals surface area contributed by atoms with E-state index in [4.69, 9.17) is 0 Å².